The average molecular weight is 394 g/mol. The Hall–Kier alpha value is -3.02. The number of carbonyl (C=O) groups excluding carboxylic acids is 1. The number of carboxylic acid groups (broad SMARTS) is 1. The molecule has 0 aliphatic carbocycles. The second kappa shape index (κ2) is 6.51. The molecule has 6 heteroatoms. The maximum absolute atomic E-state index is 13.8. The second-order valence-corrected chi connectivity index (χ2v) is 8.78. The highest BCUT2D eigenvalue weighted by Crippen LogP contribution is 2.53. The molecule has 1 saturated heterocycles. The zero-order chi connectivity index (χ0) is 21.0. The molecule has 2 atom stereocenters. The van der Waals surface area contributed by atoms with Crippen molar-refractivity contribution in [2.24, 2.45) is 0 Å². The van der Waals surface area contributed by atoms with Crippen molar-refractivity contribution >= 4 is 17.7 Å². The Morgan fingerprint density at radius 1 is 1.17 bits per heavy atom. The molecule has 2 aromatic carbocycles. The molecule has 1 N–H and O–H groups in total. The number of fused-ring (bicyclic) bond motifs is 2. The minimum atomic E-state index is -0.992. The summed E-state index contributed by atoms with van der Waals surface area (Å²) >= 11 is 0. The molecule has 6 nitrogen and oxygen atoms in total. The Morgan fingerprint density at radius 3 is 2.41 bits per heavy atom. The van der Waals surface area contributed by atoms with E-state index >= 15 is 0 Å². The number of nitrogens with zero attached hydrogens (tertiary/aromatic N) is 2. The summed E-state index contributed by atoms with van der Waals surface area (Å²) in [5.74, 6) is 0.732. The van der Waals surface area contributed by atoms with Gasteiger partial charge in [-0.2, -0.15) is 0 Å². The largest absolute Gasteiger partial charge is 0.497 e. The second-order valence-electron chi connectivity index (χ2n) is 8.78. The number of benzene rings is 2. The first-order chi connectivity index (χ1) is 13.7. The van der Waals surface area contributed by atoms with Crippen molar-refractivity contribution in [1.82, 2.24) is 4.90 Å². The standard InChI is InChI=1S/C23H26N2O4/c1-22(2,3)25-18-8-6-5-7-17(18)23(20(25)26)14-24(21(27)28)19(23)13-15-9-11-16(29-4)12-10-15/h5-12,19H,13-14H2,1-4H3,(H,27,28). The number of likely N-dealkylation sites (tertiary alicyclic amines) is 1. The van der Waals surface area contributed by atoms with Crippen molar-refractivity contribution in [2.45, 2.75) is 44.2 Å². The van der Waals surface area contributed by atoms with Crippen LogP contribution in [0.5, 0.6) is 5.75 Å². The number of ether oxygens (including phenoxy) is 1. The van der Waals surface area contributed by atoms with Gasteiger partial charge in [0.05, 0.1) is 13.2 Å². The molecule has 2 aromatic rings. The van der Waals surface area contributed by atoms with Crippen LogP contribution in [0, 0.1) is 0 Å². The predicted molar refractivity (Wildman–Crippen MR) is 111 cm³/mol. The topological polar surface area (TPSA) is 70.1 Å². The fraction of sp³-hybridized carbons (Fsp3) is 0.391. The van der Waals surface area contributed by atoms with Crippen LogP contribution in [0.2, 0.25) is 0 Å². The summed E-state index contributed by atoms with van der Waals surface area (Å²) in [6.45, 7) is 6.21. The molecular formula is C23H26N2O4. The molecule has 1 fully saturated rings. The number of rotatable bonds is 3. The molecule has 4 rings (SSSR count). The smallest absolute Gasteiger partial charge is 0.407 e. The summed E-state index contributed by atoms with van der Waals surface area (Å²) < 4.78 is 5.22. The van der Waals surface area contributed by atoms with Gasteiger partial charge in [-0.15, -0.1) is 0 Å². The summed E-state index contributed by atoms with van der Waals surface area (Å²) in [7, 11) is 1.61. The number of hydrogen-bond donors (Lipinski definition) is 1. The average Bonchev–Trinajstić information content (AvgIpc) is 2.94. The van der Waals surface area contributed by atoms with Crippen molar-refractivity contribution < 1.29 is 19.4 Å². The monoisotopic (exact) mass is 394 g/mol. The van der Waals surface area contributed by atoms with E-state index in [0.29, 0.717) is 6.42 Å². The van der Waals surface area contributed by atoms with Crippen LogP contribution in [-0.4, -0.2) is 47.2 Å². The third kappa shape index (κ3) is 2.77. The van der Waals surface area contributed by atoms with E-state index in [0.717, 1.165) is 22.6 Å². The van der Waals surface area contributed by atoms with Gasteiger partial charge in [-0.25, -0.2) is 4.79 Å². The molecule has 2 aliphatic heterocycles. The van der Waals surface area contributed by atoms with Crippen molar-refractivity contribution in [3.05, 3.63) is 59.7 Å². The van der Waals surface area contributed by atoms with Gasteiger partial charge in [0.25, 0.3) is 0 Å². The van der Waals surface area contributed by atoms with Crippen LogP contribution in [0.1, 0.15) is 31.9 Å². The van der Waals surface area contributed by atoms with Gasteiger partial charge >= 0.3 is 6.09 Å². The summed E-state index contributed by atoms with van der Waals surface area (Å²) in [4.78, 5) is 28.9. The van der Waals surface area contributed by atoms with Gasteiger partial charge < -0.3 is 19.6 Å². The predicted octanol–water partition coefficient (Wildman–Crippen LogP) is 3.68. The van der Waals surface area contributed by atoms with Crippen LogP contribution in [0.3, 0.4) is 0 Å². The van der Waals surface area contributed by atoms with Gasteiger partial charge in [0.1, 0.15) is 11.2 Å². The van der Waals surface area contributed by atoms with E-state index < -0.39 is 23.1 Å². The van der Waals surface area contributed by atoms with Gasteiger partial charge in [-0.05, 0) is 56.5 Å². The fourth-order valence-electron chi connectivity index (χ4n) is 4.72. The maximum atomic E-state index is 13.8. The molecule has 2 aliphatic rings. The third-order valence-corrected chi connectivity index (χ3v) is 6.08. The maximum Gasteiger partial charge on any atom is 0.407 e. The van der Waals surface area contributed by atoms with Crippen molar-refractivity contribution in [1.29, 1.82) is 0 Å². The summed E-state index contributed by atoms with van der Waals surface area (Å²) in [6, 6.07) is 14.9. The Morgan fingerprint density at radius 2 is 1.83 bits per heavy atom. The lowest BCUT2D eigenvalue weighted by molar-refractivity contribution is -0.133. The van der Waals surface area contributed by atoms with Crippen LogP contribution in [0.25, 0.3) is 0 Å². The summed E-state index contributed by atoms with van der Waals surface area (Å²) in [5.41, 5.74) is 1.54. The van der Waals surface area contributed by atoms with E-state index in [4.69, 9.17) is 4.74 Å². The van der Waals surface area contributed by atoms with Gasteiger partial charge in [-0.1, -0.05) is 30.3 Å². The lowest BCUT2D eigenvalue weighted by Crippen LogP contribution is -2.73. The number of para-hydroxylation sites is 1. The normalized spacial score (nSPS) is 23.2. The van der Waals surface area contributed by atoms with E-state index in [2.05, 4.69) is 0 Å². The number of methoxy groups -OCH3 is 1. The first-order valence-electron chi connectivity index (χ1n) is 9.77. The molecule has 1 spiro atoms. The van der Waals surface area contributed by atoms with E-state index in [1.807, 2.05) is 74.2 Å². The summed E-state index contributed by atoms with van der Waals surface area (Å²) in [6.07, 6.45) is -0.525. The molecule has 0 aromatic heterocycles. The van der Waals surface area contributed by atoms with Crippen LogP contribution >= 0.6 is 0 Å². The highest BCUT2D eigenvalue weighted by atomic mass is 16.5. The van der Waals surface area contributed by atoms with Gasteiger partial charge in [0.2, 0.25) is 5.91 Å². The van der Waals surface area contributed by atoms with Gasteiger partial charge in [0, 0.05) is 17.8 Å². The van der Waals surface area contributed by atoms with Crippen LogP contribution in [0.15, 0.2) is 48.5 Å². The first kappa shape index (κ1) is 19.3. The number of hydrogen-bond acceptors (Lipinski definition) is 3. The number of amides is 2. The van der Waals surface area contributed by atoms with E-state index in [1.54, 1.807) is 7.11 Å². The zero-order valence-electron chi connectivity index (χ0n) is 17.2. The molecule has 0 saturated carbocycles. The molecule has 2 amide bonds. The Labute approximate surface area is 170 Å². The van der Waals surface area contributed by atoms with Crippen LogP contribution in [0.4, 0.5) is 10.5 Å². The number of anilines is 1. The summed E-state index contributed by atoms with van der Waals surface area (Å²) in [5, 5.41) is 9.75. The lowest BCUT2D eigenvalue weighted by Gasteiger charge is -2.54. The minimum absolute atomic E-state index is 0.0118. The minimum Gasteiger partial charge on any atom is -0.497 e. The lowest BCUT2D eigenvalue weighted by atomic mass is 9.65. The van der Waals surface area contributed by atoms with Crippen molar-refractivity contribution in [3.8, 4) is 5.75 Å². The van der Waals surface area contributed by atoms with Crippen LogP contribution < -0.4 is 9.64 Å². The molecule has 0 radical (unpaired) electrons. The van der Waals surface area contributed by atoms with Crippen molar-refractivity contribution in [2.75, 3.05) is 18.6 Å². The molecule has 2 unspecified atom stereocenters. The highest BCUT2D eigenvalue weighted by Gasteiger charge is 2.66. The molecule has 29 heavy (non-hydrogen) atoms. The molecule has 2 heterocycles. The SMILES string of the molecule is COc1ccc(CC2N(C(=O)O)CC23C(=O)N(C(C)(C)C)c2ccccc23)cc1. The fourth-order valence-corrected chi connectivity index (χ4v) is 4.72. The Kier molecular flexibility index (Phi) is 4.33. The zero-order valence-corrected chi connectivity index (χ0v) is 17.2. The van der Waals surface area contributed by atoms with E-state index in [-0.39, 0.29) is 12.5 Å². The third-order valence-electron chi connectivity index (χ3n) is 6.08. The van der Waals surface area contributed by atoms with E-state index in [9.17, 15) is 14.7 Å². The van der Waals surface area contributed by atoms with Crippen LogP contribution in [-0.2, 0) is 16.6 Å². The molecular weight excluding hydrogens is 368 g/mol. The Balaban J connectivity index is 1.78. The van der Waals surface area contributed by atoms with Gasteiger partial charge in [-0.3, -0.25) is 4.79 Å². The Bertz CT molecular complexity index is 964. The van der Waals surface area contributed by atoms with Crippen molar-refractivity contribution in [3.63, 3.8) is 0 Å². The molecule has 0 bridgehead atoms. The van der Waals surface area contributed by atoms with E-state index in [1.165, 1.54) is 4.90 Å². The quantitative estimate of drug-likeness (QED) is 0.862. The molecule has 152 valence electrons. The van der Waals surface area contributed by atoms with Gasteiger partial charge in [0.15, 0.2) is 0 Å². The first-order valence-corrected chi connectivity index (χ1v) is 9.77. The highest BCUT2D eigenvalue weighted by molar-refractivity contribution is 6.11. The number of carbonyl (C=O) groups is 2.